The molecular formula is C22H16Cl3N3O2S. The van der Waals surface area contributed by atoms with Crippen LogP contribution in [0.4, 0.5) is 5.82 Å². The number of esters is 1. The van der Waals surface area contributed by atoms with Gasteiger partial charge < -0.3 is 10.1 Å². The maximum Gasteiger partial charge on any atom is 0.337 e. The van der Waals surface area contributed by atoms with Gasteiger partial charge in [-0.2, -0.15) is 0 Å². The Kier molecular flexibility index (Phi) is 6.34. The number of methoxy groups -OCH3 is 1. The third kappa shape index (κ3) is 4.48. The van der Waals surface area contributed by atoms with E-state index in [2.05, 4.69) is 5.32 Å². The largest absolute Gasteiger partial charge is 0.465 e. The van der Waals surface area contributed by atoms with Crippen LogP contribution in [0.2, 0.25) is 15.1 Å². The van der Waals surface area contributed by atoms with Crippen molar-refractivity contribution >= 4 is 68.1 Å². The Morgan fingerprint density at radius 3 is 2.48 bits per heavy atom. The molecular weight excluding hydrogens is 477 g/mol. The van der Waals surface area contributed by atoms with Crippen molar-refractivity contribution in [3.8, 4) is 11.4 Å². The molecule has 4 rings (SSSR count). The van der Waals surface area contributed by atoms with Crippen LogP contribution in [0, 0.1) is 6.92 Å². The molecule has 158 valence electrons. The molecule has 0 aliphatic carbocycles. The van der Waals surface area contributed by atoms with E-state index in [4.69, 9.17) is 49.5 Å². The minimum Gasteiger partial charge on any atom is -0.465 e. The Balaban J connectivity index is 1.73. The summed E-state index contributed by atoms with van der Waals surface area (Å²) < 4.78 is 4.75. The van der Waals surface area contributed by atoms with Crippen molar-refractivity contribution in [2.24, 2.45) is 0 Å². The van der Waals surface area contributed by atoms with Crippen molar-refractivity contribution in [1.82, 2.24) is 9.97 Å². The molecule has 5 nitrogen and oxygen atoms in total. The average Bonchev–Trinajstić information content (AvgIpc) is 3.07. The first kappa shape index (κ1) is 21.8. The van der Waals surface area contributed by atoms with E-state index in [1.807, 2.05) is 19.1 Å². The summed E-state index contributed by atoms with van der Waals surface area (Å²) in [6.45, 7) is 2.43. The Morgan fingerprint density at radius 2 is 1.81 bits per heavy atom. The summed E-state index contributed by atoms with van der Waals surface area (Å²) in [6, 6.07) is 12.4. The van der Waals surface area contributed by atoms with Gasteiger partial charge in [0.2, 0.25) is 0 Å². The predicted molar refractivity (Wildman–Crippen MR) is 128 cm³/mol. The monoisotopic (exact) mass is 491 g/mol. The molecule has 0 radical (unpaired) electrons. The van der Waals surface area contributed by atoms with Gasteiger partial charge in [-0.1, -0.05) is 53.0 Å². The number of nitrogens with zero attached hydrogens (tertiary/aromatic N) is 2. The number of aromatic nitrogens is 2. The molecule has 0 unspecified atom stereocenters. The van der Waals surface area contributed by atoms with Gasteiger partial charge in [-0.15, -0.1) is 11.3 Å². The minimum absolute atomic E-state index is 0.396. The zero-order valence-electron chi connectivity index (χ0n) is 16.5. The lowest BCUT2D eigenvalue weighted by molar-refractivity contribution is 0.0601. The van der Waals surface area contributed by atoms with Gasteiger partial charge in [0.1, 0.15) is 10.6 Å². The third-order valence-corrected chi connectivity index (χ3v) is 6.98. The van der Waals surface area contributed by atoms with Gasteiger partial charge in [0, 0.05) is 17.0 Å². The average molecular weight is 493 g/mol. The number of halogens is 3. The van der Waals surface area contributed by atoms with Gasteiger partial charge in [-0.25, -0.2) is 14.8 Å². The van der Waals surface area contributed by atoms with Crippen LogP contribution in [-0.2, 0) is 11.3 Å². The van der Waals surface area contributed by atoms with Gasteiger partial charge in [-0.3, -0.25) is 0 Å². The second-order valence-electron chi connectivity index (χ2n) is 6.72. The Labute approximate surface area is 198 Å². The molecule has 0 spiro atoms. The highest BCUT2D eigenvalue weighted by atomic mass is 35.5. The van der Waals surface area contributed by atoms with E-state index in [-0.39, 0.29) is 0 Å². The van der Waals surface area contributed by atoms with Gasteiger partial charge >= 0.3 is 5.97 Å². The van der Waals surface area contributed by atoms with E-state index in [1.54, 1.807) is 30.3 Å². The maximum absolute atomic E-state index is 11.7. The lowest BCUT2D eigenvalue weighted by Gasteiger charge is -2.10. The van der Waals surface area contributed by atoms with Crippen LogP contribution < -0.4 is 5.32 Å². The maximum atomic E-state index is 11.7. The van der Waals surface area contributed by atoms with Crippen LogP contribution in [0.5, 0.6) is 0 Å². The van der Waals surface area contributed by atoms with Crippen molar-refractivity contribution in [1.29, 1.82) is 0 Å². The number of nitrogens with one attached hydrogen (secondary N) is 1. The second kappa shape index (κ2) is 9.01. The van der Waals surface area contributed by atoms with Crippen LogP contribution in [0.15, 0.2) is 42.5 Å². The summed E-state index contributed by atoms with van der Waals surface area (Å²) in [5.74, 6) is 0.753. The molecule has 4 aromatic rings. The summed E-state index contributed by atoms with van der Waals surface area (Å²) in [5.41, 5.74) is 2.18. The number of carbonyl (C=O) groups is 1. The number of rotatable bonds is 5. The number of fused-ring (bicyclic) bond motifs is 1. The first-order valence-electron chi connectivity index (χ1n) is 9.20. The van der Waals surface area contributed by atoms with E-state index in [1.165, 1.54) is 18.4 Å². The zero-order chi connectivity index (χ0) is 22.1. The highest BCUT2D eigenvalue weighted by molar-refractivity contribution is 7.19. The van der Waals surface area contributed by atoms with Crippen molar-refractivity contribution < 1.29 is 9.53 Å². The number of hydrogen-bond acceptors (Lipinski definition) is 6. The fourth-order valence-corrected chi connectivity index (χ4v) is 4.63. The molecule has 2 aromatic heterocycles. The van der Waals surface area contributed by atoms with E-state index < -0.39 is 5.97 Å². The molecule has 0 saturated carbocycles. The van der Waals surface area contributed by atoms with Crippen LogP contribution >= 0.6 is 46.1 Å². The van der Waals surface area contributed by atoms with Gasteiger partial charge in [0.15, 0.2) is 5.82 Å². The van der Waals surface area contributed by atoms with E-state index in [0.29, 0.717) is 38.8 Å². The zero-order valence-corrected chi connectivity index (χ0v) is 19.6. The molecule has 0 saturated heterocycles. The molecule has 0 bridgehead atoms. The second-order valence-corrected chi connectivity index (χ2v) is 9.11. The molecule has 1 N–H and O–H groups in total. The number of carbonyl (C=O) groups excluding carboxylic acids is 1. The van der Waals surface area contributed by atoms with Crippen molar-refractivity contribution in [3.63, 3.8) is 0 Å². The smallest absolute Gasteiger partial charge is 0.337 e. The molecule has 31 heavy (non-hydrogen) atoms. The summed E-state index contributed by atoms with van der Waals surface area (Å²) in [4.78, 5) is 22.9. The molecule has 2 aromatic carbocycles. The fourth-order valence-electron chi connectivity index (χ4n) is 3.04. The fraction of sp³-hybridized carbons (Fsp3) is 0.136. The van der Waals surface area contributed by atoms with Crippen molar-refractivity contribution in [3.05, 3.63) is 73.5 Å². The van der Waals surface area contributed by atoms with Crippen molar-refractivity contribution in [2.45, 2.75) is 13.5 Å². The molecule has 2 heterocycles. The van der Waals surface area contributed by atoms with Gasteiger partial charge in [0.25, 0.3) is 0 Å². The van der Waals surface area contributed by atoms with E-state index >= 15 is 0 Å². The van der Waals surface area contributed by atoms with Crippen LogP contribution in [0.25, 0.3) is 21.6 Å². The molecule has 0 aliphatic heterocycles. The highest BCUT2D eigenvalue weighted by Gasteiger charge is 2.17. The number of aryl methyl sites for hydroxylation is 1. The third-order valence-electron chi connectivity index (χ3n) is 4.66. The van der Waals surface area contributed by atoms with E-state index in [9.17, 15) is 4.79 Å². The summed E-state index contributed by atoms with van der Waals surface area (Å²) in [7, 11) is 1.35. The lowest BCUT2D eigenvalue weighted by Crippen LogP contribution is -2.04. The molecule has 0 amide bonds. The Morgan fingerprint density at radius 1 is 1.06 bits per heavy atom. The topological polar surface area (TPSA) is 64.1 Å². The SMILES string of the molecule is COC(=O)c1ccc(-c2nc(NCc3ccc(Cl)c(Cl)c3)c3c(Cl)c(C)sc3n2)cc1. The summed E-state index contributed by atoms with van der Waals surface area (Å²) >= 11 is 20.2. The van der Waals surface area contributed by atoms with Crippen LogP contribution in [-0.4, -0.2) is 23.0 Å². The quantitative estimate of drug-likeness (QED) is 0.303. The predicted octanol–water partition coefficient (Wildman–Crippen LogP) is 7.03. The summed E-state index contributed by atoms with van der Waals surface area (Å²) in [6.07, 6.45) is 0. The Hall–Kier alpha value is -2.38. The number of anilines is 1. The number of thiophene rings is 1. The highest BCUT2D eigenvalue weighted by Crippen LogP contribution is 2.39. The summed E-state index contributed by atoms with van der Waals surface area (Å²) in [5, 5.41) is 5.75. The van der Waals surface area contributed by atoms with E-state index in [0.717, 1.165) is 26.2 Å². The first-order valence-corrected chi connectivity index (χ1v) is 11.2. The first-order chi connectivity index (χ1) is 14.9. The van der Waals surface area contributed by atoms with Gasteiger partial charge in [0.05, 0.1) is 33.1 Å². The number of benzene rings is 2. The number of hydrogen-bond donors (Lipinski definition) is 1. The normalized spacial score (nSPS) is 11.0. The standard InChI is InChI=1S/C22H16Cl3N3O2S/c1-11-18(25)17-20(26-10-12-3-8-15(23)16(24)9-12)27-19(28-21(17)31-11)13-4-6-14(7-5-13)22(29)30-2/h3-9H,10H2,1-2H3,(H,26,27,28). The molecule has 0 aliphatic rings. The molecule has 0 fully saturated rings. The molecule has 9 heteroatoms. The lowest BCUT2D eigenvalue weighted by atomic mass is 10.1. The Bertz CT molecular complexity index is 1290. The number of ether oxygens (including phenoxy) is 1. The van der Waals surface area contributed by atoms with Crippen molar-refractivity contribution in [2.75, 3.05) is 12.4 Å². The van der Waals surface area contributed by atoms with Crippen LogP contribution in [0.3, 0.4) is 0 Å². The van der Waals surface area contributed by atoms with Gasteiger partial charge in [-0.05, 0) is 36.8 Å². The molecule has 0 atom stereocenters. The minimum atomic E-state index is -0.396. The van der Waals surface area contributed by atoms with Crippen LogP contribution in [0.1, 0.15) is 20.8 Å².